The number of anilines is 1. The number of hydrogen-bond donors (Lipinski definition) is 0. The number of nitro groups is 2. The molecule has 3 aliphatic heterocycles. The normalized spacial score (nSPS) is 27.7. The first kappa shape index (κ1) is 24.0. The van der Waals surface area contributed by atoms with Gasteiger partial charge < -0.3 is 9.47 Å². The molecule has 0 N–H and O–H groups in total. The second kappa shape index (κ2) is 8.32. The van der Waals surface area contributed by atoms with Crippen LogP contribution in [-0.2, 0) is 14.3 Å². The Bertz CT molecular complexity index is 1520. The fraction of sp³-hybridized carbons (Fsp3) is 0.333. The van der Waals surface area contributed by atoms with Gasteiger partial charge in [0, 0.05) is 30.0 Å². The highest BCUT2D eigenvalue weighted by molar-refractivity contribution is 6.26. The van der Waals surface area contributed by atoms with E-state index in [1.54, 1.807) is 24.3 Å². The van der Waals surface area contributed by atoms with Crippen LogP contribution in [0.3, 0.4) is 0 Å². The van der Waals surface area contributed by atoms with Crippen molar-refractivity contribution in [2.75, 3.05) is 11.5 Å². The van der Waals surface area contributed by atoms with Crippen LogP contribution >= 0.6 is 0 Å². The number of nitrogens with zero attached hydrogens (tertiary/aromatic N) is 3. The van der Waals surface area contributed by atoms with Crippen molar-refractivity contribution in [1.82, 2.24) is 0 Å². The highest BCUT2D eigenvalue weighted by atomic mass is 16.6. The summed E-state index contributed by atoms with van der Waals surface area (Å²) in [6.45, 7) is 2.05. The van der Waals surface area contributed by atoms with Crippen molar-refractivity contribution in [3.63, 3.8) is 0 Å². The fourth-order valence-corrected chi connectivity index (χ4v) is 6.47. The quantitative estimate of drug-likeness (QED) is 0.252. The molecule has 0 saturated carbocycles. The van der Waals surface area contributed by atoms with Crippen LogP contribution in [0.15, 0.2) is 60.7 Å². The van der Waals surface area contributed by atoms with Crippen molar-refractivity contribution in [2.45, 2.75) is 37.4 Å². The molecule has 3 aliphatic rings. The molecule has 0 aromatic heterocycles. The van der Waals surface area contributed by atoms with Crippen LogP contribution in [0.5, 0.6) is 5.75 Å². The number of carbonyl (C=O) groups is 2. The second-order valence-electron chi connectivity index (χ2n) is 10.2. The third-order valence-electron chi connectivity index (χ3n) is 8.17. The van der Waals surface area contributed by atoms with E-state index in [1.807, 2.05) is 6.92 Å². The standard InChI is InChI=1S/C27H23N3O8/c1-26-12-13-27(38-26,14-15-37-17-8-6-16(7-9-17)29(33)34)23-22(26)24(31)28(25(23)32)20-10-11-21(30(35)36)19-5-3-2-4-18(19)20/h2-11,22-23H,12-15H2,1H3/t22-,23+,26-,27?/m1/s1. The summed E-state index contributed by atoms with van der Waals surface area (Å²) in [5.74, 6) is -1.66. The average Bonchev–Trinajstić information content (AvgIpc) is 3.48. The number of non-ortho nitro benzene ring substituents is 2. The van der Waals surface area contributed by atoms with Gasteiger partial charge in [0.15, 0.2) is 0 Å². The fourth-order valence-electron chi connectivity index (χ4n) is 6.47. The van der Waals surface area contributed by atoms with Gasteiger partial charge in [-0.1, -0.05) is 18.2 Å². The van der Waals surface area contributed by atoms with Crippen molar-refractivity contribution in [2.24, 2.45) is 11.8 Å². The molecule has 3 aromatic rings. The van der Waals surface area contributed by atoms with Crippen LogP contribution < -0.4 is 9.64 Å². The Labute approximate surface area is 216 Å². The van der Waals surface area contributed by atoms with Crippen LogP contribution in [0.1, 0.15) is 26.2 Å². The van der Waals surface area contributed by atoms with Gasteiger partial charge in [-0.25, -0.2) is 4.90 Å². The van der Waals surface area contributed by atoms with E-state index < -0.39 is 32.9 Å². The third-order valence-corrected chi connectivity index (χ3v) is 8.17. The van der Waals surface area contributed by atoms with Crippen LogP contribution in [0, 0.1) is 32.1 Å². The third kappa shape index (κ3) is 3.38. The predicted molar refractivity (Wildman–Crippen MR) is 135 cm³/mol. The first-order valence-corrected chi connectivity index (χ1v) is 12.3. The zero-order valence-electron chi connectivity index (χ0n) is 20.4. The van der Waals surface area contributed by atoms with E-state index in [-0.39, 0.29) is 29.8 Å². The maximum Gasteiger partial charge on any atom is 0.277 e. The lowest BCUT2D eigenvalue weighted by Crippen LogP contribution is -2.43. The molecule has 6 rings (SSSR count). The summed E-state index contributed by atoms with van der Waals surface area (Å²) in [4.78, 5) is 50.4. The Morgan fingerprint density at radius 1 is 0.921 bits per heavy atom. The van der Waals surface area contributed by atoms with E-state index in [1.165, 1.54) is 41.3 Å². The summed E-state index contributed by atoms with van der Waals surface area (Å²) in [6.07, 6.45) is 1.55. The average molecular weight is 517 g/mol. The Morgan fingerprint density at radius 3 is 2.29 bits per heavy atom. The predicted octanol–water partition coefficient (Wildman–Crippen LogP) is 4.55. The molecule has 3 heterocycles. The summed E-state index contributed by atoms with van der Waals surface area (Å²) in [5.41, 5.74) is -1.51. The Hall–Kier alpha value is -4.38. The zero-order chi connectivity index (χ0) is 26.8. The molecule has 3 aromatic carbocycles. The van der Waals surface area contributed by atoms with Gasteiger partial charge in [-0.3, -0.25) is 29.8 Å². The van der Waals surface area contributed by atoms with Crippen molar-refractivity contribution in [3.8, 4) is 5.75 Å². The molecule has 3 fully saturated rings. The number of fused-ring (bicyclic) bond motifs is 6. The number of carbonyl (C=O) groups excluding carboxylic acids is 2. The molecule has 1 unspecified atom stereocenters. The molecule has 194 valence electrons. The minimum Gasteiger partial charge on any atom is -0.493 e. The van der Waals surface area contributed by atoms with Crippen molar-refractivity contribution in [3.05, 3.63) is 80.9 Å². The van der Waals surface area contributed by atoms with Crippen molar-refractivity contribution >= 4 is 39.6 Å². The number of benzene rings is 3. The largest absolute Gasteiger partial charge is 0.493 e. The molecule has 11 heteroatoms. The molecule has 2 bridgehead atoms. The molecule has 0 aliphatic carbocycles. The number of rotatable bonds is 7. The molecule has 0 spiro atoms. The van der Waals surface area contributed by atoms with E-state index in [0.29, 0.717) is 41.5 Å². The number of ether oxygens (including phenoxy) is 2. The Kier molecular flexibility index (Phi) is 5.25. The molecular weight excluding hydrogens is 494 g/mol. The molecular formula is C27H23N3O8. The second-order valence-corrected chi connectivity index (χ2v) is 10.2. The van der Waals surface area contributed by atoms with Gasteiger partial charge >= 0.3 is 0 Å². The number of imide groups is 1. The highest BCUT2D eigenvalue weighted by Crippen LogP contribution is 2.62. The van der Waals surface area contributed by atoms with E-state index in [0.717, 1.165) is 0 Å². The van der Waals surface area contributed by atoms with Crippen molar-refractivity contribution < 1.29 is 28.9 Å². The maximum atomic E-state index is 13.9. The summed E-state index contributed by atoms with van der Waals surface area (Å²) in [5, 5.41) is 23.3. The lowest BCUT2D eigenvalue weighted by Gasteiger charge is -2.31. The topological polar surface area (TPSA) is 142 Å². The van der Waals surface area contributed by atoms with Crippen LogP contribution in [-0.4, -0.2) is 39.5 Å². The van der Waals surface area contributed by atoms with Gasteiger partial charge in [-0.15, -0.1) is 0 Å². The number of hydrogen-bond acceptors (Lipinski definition) is 8. The van der Waals surface area contributed by atoms with E-state index in [9.17, 15) is 29.8 Å². The first-order chi connectivity index (χ1) is 18.2. The van der Waals surface area contributed by atoms with Gasteiger partial charge in [0.05, 0.1) is 50.6 Å². The number of nitro benzene ring substituents is 2. The number of amides is 2. The summed E-state index contributed by atoms with van der Waals surface area (Å²) < 4.78 is 12.3. The monoisotopic (exact) mass is 517 g/mol. The Morgan fingerprint density at radius 2 is 1.61 bits per heavy atom. The van der Waals surface area contributed by atoms with Crippen LogP contribution in [0.2, 0.25) is 0 Å². The van der Waals surface area contributed by atoms with Crippen molar-refractivity contribution in [1.29, 1.82) is 0 Å². The minimum absolute atomic E-state index is 0.0432. The van der Waals surface area contributed by atoms with Gasteiger partial charge in [0.2, 0.25) is 11.8 Å². The minimum atomic E-state index is -0.891. The van der Waals surface area contributed by atoms with Gasteiger partial charge in [-0.05, 0) is 44.0 Å². The van der Waals surface area contributed by atoms with E-state index in [4.69, 9.17) is 9.47 Å². The summed E-state index contributed by atoms with van der Waals surface area (Å²) in [6, 6.07) is 15.2. The summed E-state index contributed by atoms with van der Waals surface area (Å²) in [7, 11) is 0. The van der Waals surface area contributed by atoms with Gasteiger partial charge in [0.1, 0.15) is 5.75 Å². The van der Waals surface area contributed by atoms with Crippen LogP contribution in [0.4, 0.5) is 17.1 Å². The SMILES string of the molecule is C[C@]12CCC(CCOc3ccc([N+](=O)[O-])cc3)(O1)[C@@H]1C(=O)N(c3ccc([N+](=O)[O-])c4ccccc34)C(=O)[C@@H]12. The first-order valence-electron chi connectivity index (χ1n) is 12.3. The molecule has 4 atom stereocenters. The smallest absolute Gasteiger partial charge is 0.277 e. The lowest BCUT2D eigenvalue weighted by molar-refractivity contribution is -0.384. The maximum absolute atomic E-state index is 13.9. The molecule has 0 radical (unpaired) electrons. The molecule has 11 nitrogen and oxygen atoms in total. The Balaban J connectivity index is 1.30. The zero-order valence-corrected chi connectivity index (χ0v) is 20.4. The molecule has 2 amide bonds. The molecule has 3 saturated heterocycles. The summed E-state index contributed by atoms with van der Waals surface area (Å²) >= 11 is 0. The van der Waals surface area contributed by atoms with E-state index in [2.05, 4.69) is 0 Å². The molecule has 38 heavy (non-hydrogen) atoms. The highest BCUT2D eigenvalue weighted by Gasteiger charge is 2.73. The van der Waals surface area contributed by atoms with Gasteiger partial charge in [-0.2, -0.15) is 0 Å². The van der Waals surface area contributed by atoms with Gasteiger partial charge in [0.25, 0.3) is 11.4 Å². The van der Waals surface area contributed by atoms with E-state index >= 15 is 0 Å². The van der Waals surface area contributed by atoms with Crippen LogP contribution in [0.25, 0.3) is 10.8 Å². The lowest BCUT2D eigenvalue weighted by atomic mass is 9.67.